The molecule has 0 amide bonds. The van der Waals surface area contributed by atoms with Gasteiger partial charge in [0.2, 0.25) is 0 Å². The van der Waals surface area contributed by atoms with Gasteiger partial charge in [0.05, 0.1) is 0 Å². The minimum absolute atomic E-state index is 0. The van der Waals surface area contributed by atoms with Crippen LogP contribution in [0.1, 0.15) is 31.2 Å². The van der Waals surface area contributed by atoms with Crippen LogP contribution in [-0.2, 0) is 6.42 Å². The van der Waals surface area contributed by atoms with Gasteiger partial charge in [0.1, 0.15) is 0 Å². The molecule has 0 radical (unpaired) electrons. The van der Waals surface area contributed by atoms with E-state index in [-0.39, 0.29) is 30.4 Å². The van der Waals surface area contributed by atoms with Crippen LogP contribution in [0.2, 0.25) is 10.0 Å². The lowest BCUT2D eigenvalue weighted by molar-refractivity contribution is 0.271. The van der Waals surface area contributed by atoms with Crippen LogP contribution in [0.25, 0.3) is 0 Å². The average Bonchev–Trinajstić information content (AvgIpc) is 2.29. The Morgan fingerprint density at radius 1 is 1.11 bits per heavy atom. The van der Waals surface area contributed by atoms with Crippen molar-refractivity contribution in [1.29, 1.82) is 0 Å². The van der Waals surface area contributed by atoms with Crippen LogP contribution >= 0.6 is 48.0 Å². The predicted octanol–water partition coefficient (Wildman–Crippen LogP) is 3.98. The first-order valence-corrected chi connectivity index (χ1v) is 6.73. The van der Waals surface area contributed by atoms with Gasteiger partial charge in [0, 0.05) is 21.6 Å². The number of rotatable bonds is 2. The largest absolute Gasteiger partial charge is 0.328 e. The predicted molar refractivity (Wildman–Crippen MR) is 88.0 cm³/mol. The average molecular weight is 346 g/mol. The molecule has 4 N–H and O–H groups in total. The van der Waals surface area contributed by atoms with E-state index in [0.29, 0.717) is 16.1 Å². The van der Waals surface area contributed by atoms with Gasteiger partial charge in [-0.3, -0.25) is 0 Å². The maximum Gasteiger partial charge on any atom is 0.0453 e. The van der Waals surface area contributed by atoms with Crippen molar-refractivity contribution < 1.29 is 0 Å². The topological polar surface area (TPSA) is 52.0 Å². The third kappa shape index (κ3) is 4.96. The fourth-order valence-corrected chi connectivity index (χ4v) is 2.98. The molecule has 19 heavy (non-hydrogen) atoms. The van der Waals surface area contributed by atoms with Crippen molar-refractivity contribution in [3.63, 3.8) is 0 Å². The van der Waals surface area contributed by atoms with Crippen molar-refractivity contribution in [3.05, 3.63) is 33.8 Å². The second-order valence-corrected chi connectivity index (χ2v) is 5.89. The lowest BCUT2D eigenvalue weighted by Crippen LogP contribution is -2.47. The molecule has 1 fully saturated rings. The molecule has 1 aromatic rings. The molecule has 1 aliphatic rings. The zero-order valence-electron chi connectivity index (χ0n) is 10.6. The third-order valence-electron chi connectivity index (χ3n) is 3.62. The molecule has 0 bridgehead atoms. The Labute approximate surface area is 137 Å². The van der Waals surface area contributed by atoms with E-state index in [1.54, 1.807) is 0 Å². The zero-order valence-corrected chi connectivity index (χ0v) is 13.7. The van der Waals surface area contributed by atoms with Crippen LogP contribution in [0.15, 0.2) is 18.2 Å². The van der Waals surface area contributed by atoms with Crippen molar-refractivity contribution in [2.24, 2.45) is 11.5 Å². The van der Waals surface area contributed by atoms with Crippen molar-refractivity contribution in [2.75, 3.05) is 0 Å². The number of hydrogen-bond donors (Lipinski definition) is 2. The summed E-state index contributed by atoms with van der Waals surface area (Å²) < 4.78 is 0. The maximum absolute atomic E-state index is 6.42. The van der Waals surface area contributed by atoms with E-state index < -0.39 is 0 Å². The van der Waals surface area contributed by atoms with E-state index in [2.05, 4.69) is 0 Å². The van der Waals surface area contributed by atoms with Crippen molar-refractivity contribution >= 4 is 48.0 Å². The van der Waals surface area contributed by atoms with Crippen LogP contribution in [0.5, 0.6) is 0 Å². The smallest absolute Gasteiger partial charge is 0.0453 e. The molecule has 110 valence electrons. The quantitative estimate of drug-likeness (QED) is 0.851. The summed E-state index contributed by atoms with van der Waals surface area (Å²) in [5, 5.41) is 1.41. The molecule has 2 rings (SSSR count). The van der Waals surface area contributed by atoms with Crippen LogP contribution in [0.3, 0.4) is 0 Å². The molecule has 1 aromatic carbocycles. The van der Waals surface area contributed by atoms with E-state index in [1.165, 1.54) is 0 Å². The third-order valence-corrected chi connectivity index (χ3v) is 4.32. The van der Waals surface area contributed by atoms with Gasteiger partial charge < -0.3 is 11.5 Å². The SMILES string of the molecule is Cl.Cl.NC1CCC(N)(Cc2c(Cl)cccc2Cl)CC1. The molecular formula is C13H20Cl4N2. The normalized spacial score (nSPS) is 26.2. The molecule has 1 aliphatic carbocycles. The first-order chi connectivity index (χ1) is 8.00. The fourth-order valence-electron chi connectivity index (χ4n) is 2.45. The maximum atomic E-state index is 6.42. The Kier molecular flexibility index (Phi) is 8.04. The summed E-state index contributed by atoms with van der Waals surface area (Å²) in [6.07, 6.45) is 4.58. The molecule has 0 saturated heterocycles. The number of nitrogens with two attached hydrogens (primary N) is 2. The number of benzene rings is 1. The summed E-state index contributed by atoms with van der Waals surface area (Å²) in [4.78, 5) is 0. The van der Waals surface area contributed by atoms with E-state index in [9.17, 15) is 0 Å². The molecule has 0 unspecified atom stereocenters. The first kappa shape index (κ1) is 19.3. The van der Waals surface area contributed by atoms with Crippen LogP contribution in [0, 0.1) is 0 Å². The van der Waals surface area contributed by atoms with Crippen LogP contribution in [-0.4, -0.2) is 11.6 Å². The van der Waals surface area contributed by atoms with E-state index in [4.69, 9.17) is 34.7 Å². The summed E-state index contributed by atoms with van der Waals surface area (Å²) in [5.41, 5.74) is 13.1. The highest BCUT2D eigenvalue weighted by molar-refractivity contribution is 6.36. The number of halogens is 4. The summed E-state index contributed by atoms with van der Waals surface area (Å²) in [7, 11) is 0. The van der Waals surface area contributed by atoms with Gasteiger partial charge in [0.15, 0.2) is 0 Å². The highest BCUT2D eigenvalue weighted by Gasteiger charge is 2.31. The molecule has 0 heterocycles. The highest BCUT2D eigenvalue weighted by atomic mass is 35.5. The molecular weight excluding hydrogens is 326 g/mol. The second kappa shape index (κ2) is 7.92. The van der Waals surface area contributed by atoms with Gasteiger partial charge in [-0.1, -0.05) is 29.3 Å². The minimum Gasteiger partial charge on any atom is -0.328 e. The van der Waals surface area contributed by atoms with Gasteiger partial charge in [-0.15, -0.1) is 24.8 Å². The lowest BCUT2D eigenvalue weighted by atomic mass is 9.77. The number of hydrogen-bond acceptors (Lipinski definition) is 2. The van der Waals surface area contributed by atoms with Gasteiger partial charge >= 0.3 is 0 Å². The summed E-state index contributed by atoms with van der Waals surface area (Å²) in [6, 6.07) is 5.88. The zero-order chi connectivity index (χ0) is 12.5. The van der Waals surface area contributed by atoms with E-state index in [1.807, 2.05) is 18.2 Å². The Hall–Kier alpha value is 0.300. The standard InChI is InChI=1S/C13H18Cl2N2.2ClH/c14-11-2-1-3-12(15)10(11)8-13(17)6-4-9(16)5-7-13;;/h1-3,9H,4-8,16-17H2;2*1H. The minimum atomic E-state index is -0.204. The van der Waals surface area contributed by atoms with Crippen LogP contribution < -0.4 is 11.5 Å². The van der Waals surface area contributed by atoms with E-state index in [0.717, 1.165) is 37.7 Å². The van der Waals surface area contributed by atoms with Crippen molar-refractivity contribution in [2.45, 2.75) is 43.7 Å². The summed E-state index contributed by atoms with van der Waals surface area (Å²) >= 11 is 12.3. The summed E-state index contributed by atoms with van der Waals surface area (Å²) in [5.74, 6) is 0. The Morgan fingerprint density at radius 3 is 2.05 bits per heavy atom. The summed E-state index contributed by atoms with van der Waals surface area (Å²) in [6.45, 7) is 0. The lowest BCUT2D eigenvalue weighted by Gasteiger charge is -2.36. The molecule has 0 aliphatic heterocycles. The molecule has 6 heteroatoms. The second-order valence-electron chi connectivity index (χ2n) is 5.08. The van der Waals surface area contributed by atoms with Gasteiger partial charge in [-0.05, 0) is 49.8 Å². The van der Waals surface area contributed by atoms with Gasteiger partial charge in [0.25, 0.3) is 0 Å². The molecule has 2 nitrogen and oxygen atoms in total. The molecule has 0 spiro atoms. The highest BCUT2D eigenvalue weighted by Crippen LogP contribution is 2.33. The van der Waals surface area contributed by atoms with E-state index >= 15 is 0 Å². The molecule has 0 aromatic heterocycles. The molecule has 1 saturated carbocycles. The first-order valence-electron chi connectivity index (χ1n) is 5.97. The monoisotopic (exact) mass is 344 g/mol. The Morgan fingerprint density at radius 2 is 1.58 bits per heavy atom. The van der Waals surface area contributed by atoms with Gasteiger partial charge in [-0.2, -0.15) is 0 Å². The van der Waals surface area contributed by atoms with Crippen molar-refractivity contribution in [3.8, 4) is 0 Å². The molecule has 0 atom stereocenters. The van der Waals surface area contributed by atoms with Gasteiger partial charge in [-0.25, -0.2) is 0 Å². The Bertz CT molecular complexity index is 383. The fraction of sp³-hybridized carbons (Fsp3) is 0.538. The van der Waals surface area contributed by atoms with Crippen molar-refractivity contribution in [1.82, 2.24) is 0 Å². The van der Waals surface area contributed by atoms with Crippen LogP contribution in [0.4, 0.5) is 0 Å². The Balaban J connectivity index is 0.00000162.